The first-order chi connectivity index (χ1) is 14.0. The van der Waals surface area contributed by atoms with Crippen LogP contribution in [-0.2, 0) is 4.79 Å². The fraction of sp³-hybridized carbons (Fsp3) is 0.136. The molecule has 0 saturated carbocycles. The van der Waals surface area contributed by atoms with E-state index in [0.717, 1.165) is 5.39 Å². The third-order valence-electron chi connectivity index (χ3n) is 5.16. The summed E-state index contributed by atoms with van der Waals surface area (Å²) in [5.74, 6) is -0.970. The van der Waals surface area contributed by atoms with Crippen molar-refractivity contribution >= 4 is 28.5 Å². The van der Waals surface area contributed by atoms with Crippen molar-refractivity contribution in [2.75, 3.05) is 5.32 Å². The lowest BCUT2D eigenvalue weighted by Crippen LogP contribution is -2.28. The highest BCUT2D eigenvalue weighted by molar-refractivity contribution is 6.08. The standard InChI is InChI=1S/C22H16FN3O3/c1-12-20-16(21(28)18-10-13-4-2-3-5-17(13)29-18)11-19(27)24-22(20)26(25-12)15-8-6-14(23)7-9-15/h2-10,16H,11H2,1H3,(H,24,27). The number of carbonyl (C=O) groups excluding carboxylic acids is 2. The lowest BCUT2D eigenvalue weighted by atomic mass is 9.87. The minimum Gasteiger partial charge on any atom is -0.453 e. The van der Waals surface area contributed by atoms with Crippen LogP contribution in [-0.4, -0.2) is 21.5 Å². The largest absolute Gasteiger partial charge is 0.453 e. The second kappa shape index (κ2) is 6.41. The van der Waals surface area contributed by atoms with Crippen molar-refractivity contribution in [3.63, 3.8) is 0 Å². The number of fused-ring (bicyclic) bond motifs is 2. The van der Waals surface area contributed by atoms with Crippen LogP contribution in [0.15, 0.2) is 59.0 Å². The molecule has 1 aliphatic rings. The fourth-order valence-corrected chi connectivity index (χ4v) is 3.82. The highest BCUT2D eigenvalue weighted by Gasteiger charge is 2.37. The molecule has 1 N–H and O–H groups in total. The number of aromatic nitrogens is 2. The van der Waals surface area contributed by atoms with Crippen LogP contribution in [0.5, 0.6) is 0 Å². The van der Waals surface area contributed by atoms with Gasteiger partial charge in [0.2, 0.25) is 11.7 Å². The van der Waals surface area contributed by atoms with Crippen LogP contribution in [0.25, 0.3) is 16.7 Å². The Labute approximate surface area is 164 Å². The van der Waals surface area contributed by atoms with Crippen molar-refractivity contribution < 1.29 is 18.4 Å². The van der Waals surface area contributed by atoms with Gasteiger partial charge in [-0.2, -0.15) is 5.10 Å². The number of furan rings is 1. The molecule has 4 aromatic rings. The molecule has 7 heteroatoms. The van der Waals surface area contributed by atoms with Crippen molar-refractivity contribution in [3.8, 4) is 5.69 Å². The number of rotatable bonds is 3. The van der Waals surface area contributed by atoms with E-state index in [1.165, 1.54) is 16.8 Å². The summed E-state index contributed by atoms with van der Waals surface area (Å²) in [5, 5.41) is 8.13. The van der Waals surface area contributed by atoms with Crippen LogP contribution in [0, 0.1) is 12.7 Å². The number of amides is 1. The number of Topliss-reactive ketones (excluding diaryl/α,β-unsaturated/α-hetero) is 1. The van der Waals surface area contributed by atoms with E-state index in [9.17, 15) is 14.0 Å². The second-order valence-corrected chi connectivity index (χ2v) is 7.05. The highest BCUT2D eigenvalue weighted by Crippen LogP contribution is 2.38. The molecule has 144 valence electrons. The van der Waals surface area contributed by atoms with E-state index in [2.05, 4.69) is 10.4 Å². The van der Waals surface area contributed by atoms with Crippen LogP contribution in [0.2, 0.25) is 0 Å². The Morgan fingerprint density at radius 2 is 1.97 bits per heavy atom. The zero-order valence-corrected chi connectivity index (χ0v) is 15.5. The molecule has 2 aromatic carbocycles. The molecule has 0 saturated heterocycles. The topological polar surface area (TPSA) is 77.1 Å². The number of carbonyl (C=O) groups is 2. The molecule has 1 unspecified atom stereocenters. The summed E-state index contributed by atoms with van der Waals surface area (Å²) in [6.07, 6.45) is 0.0127. The zero-order chi connectivity index (χ0) is 20.1. The third kappa shape index (κ3) is 2.82. The van der Waals surface area contributed by atoms with E-state index in [1.54, 1.807) is 31.2 Å². The average Bonchev–Trinajstić information content (AvgIpc) is 3.29. The number of hydrogen-bond donors (Lipinski definition) is 1. The summed E-state index contributed by atoms with van der Waals surface area (Å²) in [5.41, 5.74) is 2.49. The zero-order valence-electron chi connectivity index (χ0n) is 15.5. The van der Waals surface area contributed by atoms with Gasteiger partial charge in [0.15, 0.2) is 5.76 Å². The molecule has 5 rings (SSSR count). The van der Waals surface area contributed by atoms with Gasteiger partial charge in [-0.3, -0.25) is 9.59 Å². The van der Waals surface area contributed by atoms with Gasteiger partial charge in [0.25, 0.3) is 0 Å². The molecule has 0 radical (unpaired) electrons. The number of hydrogen-bond acceptors (Lipinski definition) is 4. The molecule has 29 heavy (non-hydrogen) atoms. The van der Waals surface area contributed by atoms with E-state index in [1.807, 2.05) is 18.2 Å². The monoisotopic (exact) mass is 389 g/mol. The Balaban J connectivity index is 1.61. The lowest BCUT2D eigenvalue weighted by Gasteiger charge is -2.22. The number of nitrogens with zero attached hydrogens (tertiary/aromatic N) is 2. The number of halogens is 1. The maximum absolute atomic E-state index is 13.3. The molecule has 1 amide bonds. The predicted molar refractivity (Wildman–Crippen MR) is 105 cm³/mol. The minimum atomic E-state index is -0.700. The van der Waals surface area contributed by atoms with Gasteiger partial charge >= 0.3 is 0 Å². The van der Waals surface area contributed by atoms with Crippen molar-refractivity contribution in [1.82, 2.24) is 9.78 Å². The van der Waals surface area contributed by atoms with Crippen LogP contribution in [0.1, 0.15) is 34.2 Å². The Bertz CT molecular complexity index is 1240. The summed E-state index contributed by atoms with van der Waals surface area (Å²) in [7, 11) is 0. The third-order valence-corrected chi connectivity index (χ3v) is 5.16. The van der Waals surface area contributed by atoms with Crippen molar-refractivity contribution in [2.24, 2.45) is 0 Å². The maximum atomic E-state index is 13.3. The quantitative estimate of drug-likeness (QED) is 0.528. The van der Waals surface area contributed by atoms with Gasteiger partial charge in [-0.15, -0.1) is 0 Å². The first-order valence-electron chi connectivity index (χ1n) is 9.19. The Hall–Kier alpha value is -3.74. The lowest BCUT2D eigenvalue weighted by molar-refractivity contribution is -0.116. The number of anilines is 1. The predicted octanol–water partition coefficient (Wildman–Crippen LogP) is 4.37. The Kier molecular flexibility index (Phi) is 3.84. The van der Waals surface area contributed by atoms with Gasteiger partial charge < -0.3 is 9.73 Å². The maximum Gasteiger partial charge on any atom is 0.226 e. The number of aryl methyl sites for hydroxylation is 1. The molecule has 0 bridgehead atoms. The molecular formula is C22H16FN3O3. The molecular weight excluding hydrogens is 373 g/mol. The molecule has 0 fully saturated rings. The van der Waals surface area contributed by atoms with Crippen molar-refractivity contribution in [1.29, 1.82) is 0 Å². The second-order valence-electron chi connectivity index (χ2n) is 7.05. The van der Waals surface area contributed by atoms with Gasteiger partial charge in [0, 0.05) is 17.4 Å². The summed E-state index contributed by atoms with van der Waals surface area (Å²) in [6.45, 7) is 1.79. The molecule has 0 spiro atoms. The van der Waals surface area contributed by atoms with Crippen molar-refractivity contribution in [3.05, 3.63) is 77.4 Å². The van der Waals surface area contributed by atoms with E-state index < -0.39 is 5.92 Å². The van der Waals surface area contributed by atoms with Crippen LogP contribution >= 0.6 is 0 Å². The first-order valence-corrected chi connectivity index (χ1v) is 9.19. The molecule has 3 heterocycles. The molecule has 2 aromatic heterocycles. The summed E-state index contributed by atoms with van der Waals surface area (Å²) >= 11 is 0. The summed E-state index contributed by atoms with van der Waals surface area (Å²) in [4.78, 5) is 25.7. The minimum absolute atomic E-state index is 0.0127. The van der Waals surface area contributed by atoms with E-state index in [-0.39, 0.29) is 29.7 Å². The van der Waals surface area contributed by atoms with Gasteiger partial charge in [-0.1, -0.05) is 18.2 Å². The summed E-state index contributed by atoms with van der Waals surface area (Å²) in [6, 6.07) is 14.8. The van der Waals surface area contributed by atoms with Crippen molar-refractivity contribution in [2.45, 2.75) is 19.3 Å². The normalized spacial score (nSPS) is 15.9. The number of nitrogens with one attached hydrogen (secondary N) is 1. The van der Waals surface area contributed by atoms with Crippen LogP contribution in [0.3, 0.4) is 0 Å². The number of ketones is 1. The SMILES string of the molecule is Cc1nn(-c2ccc(F)cc2)c2c1C(C(=O)c1cc3ccccc3o1)CC(=O)N2. The number of para-hydroxylation sites is 1. The van der Waals surface area contributed by atoms with E-state index in [4.69, 9.17) is 4.42 Å². The Morgan fingerprint density at radius 3 is 2.72 bits per heavy atom. The first kappa shape index (κ1) is 17.4. The average molecular weight is 389 g/mol. The molecule has 0 aliphatic carbocycles. The molecule has 1 atom stereocenters. The van der Waals surface area contributed by atoms with Gasteiger partial charge in [0.1, 0.15) is 17.2 Å². The van der Waals surface area contributed by atoms with Crippen LogP contribution < -0.4 is 5.32 Å². The smallest absolute Gasteiger partial charge is 0.226 e. The fourth-order valence-electron chi connectivity index (χ4n) is 3.82. The van der Waals surface area contributed by atoms with Gasteiger partial charge in [0.05, 0.1) is 17.3 Å². The van der Waals surface area contributed by atoms with Gasteiger partial charge in [-0.25, -0.2) is 9.07 Å². The summed E-state index contributed by atoms with van der Waals surface area (Å²) < 4.78 is 20.6. The van der Waals surface area contributed by atoms with E-state index >= 15 is 0 Å². The molecule has 1 aliphatic heterocycles. The van der Waals surface area contributed by atoms with Crippen LogP contribution in [0.4, 0.5) is 10.2 Å². The van der Waals surface area contributed by atoms with E-state index in [0.29, 0.717) is 28.3 Å². The number of benzene rings is 2. The molecule has 6 nitrogen and oxygen atoms in total. The van der Waals surface area contributed by atoms with Gasteiger partial charge in [-0.05, 0) is 43.3 Å². The highest BCUT2D eigenvalue weighted by atomic mass is 19.1. The Morgan fingerprint density at radius 1 is 1.21 bits per heavy atom.